The molecule has 1 aromatic carbocycles. The molecule has 1 heterocycles. The third kappa shape index (κ3) is 2.98. The van der Waals surface area contributed by atoms with Crippen LogP contribution in [0.1, 0.15) is 5.56 Å². The molecule has 1 aromatic rings. The number of epoxide rings is 1. The van der Waals surface area contributed by atoms with Crippen molar-refractivity contribution in [3.8, 4) is 0 Å². The molecule has 1 unspecified atom stereocenters. The summed E-state index contributed by atoms with van der Waals surface area (Å²) >= 11 is 0. The number of rotatable bonds is 4. The van der Waals surface area contributed by atoms with Crippen LogP contribution in [0, 0.1) is 0 Å². The smallest absolute Gasteiger partial charge is 0.352 e. The molecule has 1 saturated heterocycles. The number of cyclic esters (lactones) is 1. The Morgan fingerprint density at radius 1 is 1.10 bits per heavy atom. The van der Waals surface area contributed by atoms with Crippen molar-refractivity contribution >= 4 is 28.2 Å². The van der Waals surface area contributed by atoms with Gasteiger partial charge in [-0.15, -0.1) is 5.73 Å². The average Bonchev–Trinajstić information content (AvgIpc) is 3.01. The summed E-state index contributed by atoms with van der Waals surface area (Å²) in [5, 5.41) is 0.478. The highest BCUT2D eigenvalue weighted by Crippen LogP contribution is 2.47. The van der Waals surface area contributed by atoms with E-state index in [-0.39, 0.29) is 5.97 Å². The number of hydrogen-bond acceptors (Lipinski definition) is 2. The average molecular weight is 317 g/mol. The van der Waals surface area contributed by atoms with Crippen LogP contribution in [-0.4, -0.2) is 27.3 Å². The van der Waals surface area contributed by atoms with Crippen molar-refractivity contribution in [1.82, 2.24) is 0 Å². The normalized spacial score (nSPS) is 21.3. The van der Waals surface area contributed by atoms with Gasteiger partial charge in [-0.2, -0.15) is 0 Å². The molecule has 1 atom stereocenters. The maximum atomic E-state index is 12.1. The number of ether oxygens (including phenoxy) is 1. The topological polar surface area (TPSA) is 29.6 Å². The van der Waals surface area contributed by atoms with E-state index in [9.17, 15) is 4.79 Å². The summed E-state index contributed by atoms with van der Waals surface area (Å²) in [6.07, 6.45) is 1.99. The highest BCUT2D eigenvalue weighted by molar-refractivity contribution is 6.92. The largest absolute Gasteiger partial charge is 0.444 e. The first-order valence-electron chi connectivity index (χ1n) is 7.35. The molecule has 1 aliphatic rings. The Kier molecular flexibility index (Phi) is 3.91. The van der Waals surface area contributed by atoms with Gasteiger partial charge in [0.15, 0.2) is 0 Å². The lowest BCUT2D eigenvalue weighted by Gasteiger charge is -2.30. The van der Waals surface area contributed by atoms with Crippen molar-refractivity contribution in [2.75, 3.05) is 0 Å². The number of carbonyl (C=O) groups is 1. The highest BCUT2D eigenvalue weighted by atomic mass is 28.3. The van der Waals surface area contributed by atoms with Crippen LogP contribution < -0.4 is 0 Å². The Labute approximate surface area is 129 Å². The van der Waals surface area contributed by atoms with Crippen LogP contribution in [0.25, 0.3) is 6.08 Å². The van der Waals surface area contributed by atoms with Gasteiger partial charge < -0.3 is 4.74 Å². The van der Waals surface area contributed by atoms with Gasteiger partial charge in [-0.3, -0.25) is 0 Å². The van der Waals surface area contributed by atoms with Crippen LogP contribution in [-0.2, 0) is 9.53 Å². The van der Waals surface area contributed by atoms with E-state index in [0.717, 1.165) is 10.8 Å². The molecule has 1 aliphatic heterocycles. The SMILES string of the molecule is C[Si](C)(C)C(=C=Cc1ccccc1)C1([Si](C)(C)C)OC1=O. The fraction of sp³-hybridized carbons (Fsp3) is 0.412. The lowest BCUT2D eigenvalue weighted by Crippen LogP contribution is -2.50. The van der Waals surface area contributed by atoms with Gasteiger partial charge in [-0.25, -0.2) is 4.79 Å². The fourth-order valence-electron chi connectivity index (χ4n) is 2.65. The van der Waals surface area contributed by atoms with Crippen LogP contribution in [0.5, 0.6) is 0 Å². The van der Waals surface area contributed by atoms with Crippen molar-refractivity contribution < 1.29 is 9.53 Å². The van der Waals surface area contributed by atoms with E-state index in [2.05, 4.69) is 45.0 Å². The van der Waals surface area contributed by atoms with Crippen molar-refractivity contribution in [2.24, 2.45) is 0 Å². The van der Waals surface area contributed by atoms with Gasteiger partial charge in [0.05, 0.1) is 8.07 Å². The van der Waals surface area contributed by atoms with Gasteiger partial charge in [0, 0.05) is 5.20 Å². The van der Waals surface area contributed by atoms with E-state index in [1.165, 1.54) is 0 Å². The van der Waals surface area contributed by atoms with E-state index >= 15 is 0 Å². The molecule has 1 fully saturated rings. The molecular weight excluding hydrogens is 292 g/mol. The summed E-state index contributed by atoms with van der Waals surface area (Å²) in [5.74, 6) is -0.0481. The van der Waals surface area contributed by atoms with Crippen LogP contribution in [0.4, 0.5) is 0 Å². The minimum atomic E-state index is -1.80. The first-order valence-corrected chi connectivity index (χ1v) is 14.4. The molecule has 0 aliphatic carbocycles. The number of benzene rings is 1. The highest BCUT2D eigenvalue weighted by Gasteiger charge is 2.70. The zero-order valence-corrected chi connectivity index (χ0v) is 15.8. The minimum absolute atomic E-state index is 0.0481. The van der Waals surface area contributed by atoms with Gasteiger partial charge in [-0.1, -0.05) is 69.6 Å². The molecule has 0 saturated carbocycles. The van der Waals surface area contributed by atoms with E-state index in [4.69, 9.17) is 4.74 Å². The first-order chi connectivity index (χ1) is 9.59. The van der Waals surface area contributed by atoms with Crippen LogP contribution in [0.3, 0.4) is 0 Å². The molecule has 2 rings (SSSR count). The van der Waals surface area contributed by atoms with E-state index < -0.39 is 21.4 Å². The monoisotopic (exact) mass is 316 g/mol. The second kappa shape index (κ2) is 5.13. The Bertz CT molecular complexity index is 614. The predicted octanol–water partition coefficient (Wildman–Crippen LogP) is 4.28. The molecule has 21 heavy (non-hydrogen) atoms. The summed E-state index contributed by atoms with van der Waals surface area (Å²) in [7, 11) is -3.51. The predicted molar refractivity (Wildman–Crippen MR) is 93.4 cm³/mol. The molecule has 2 nitrogen and oxygen atoms in total. The standard InChI is InChI=1S/C17H24O2Si2/c1-20(2,3)15(13-12-14-10-8-7-9-11-14)17(16(18)19-17)21(4,5)6/h7-12H,1-6H3. The molecule has 0 aromatic heterocycles. The van der Waals surface area contributed by atoms with Gasteiger partial charge >= 0.3 is 5.97 Å². The Morgan fingerprint density at radius 3 is 2.00 bits per heavy atom. The van der Waals surface area contributed by atoms with Gasteiger partial charge in [-0.05, 0) is 11.6 Å². The van der Waals surface area contributed by atoms with E-state index in [0.29, 0.717) is 0 Å². The molecule has 0 spiro atoms. The van der Waals surface area contributed by atoms with Crippen LogP contribution in [0.15, 0.2) is 41.3 Å². The summed E-state index contributed by atoms with van der Waals surface area (Å²) < 4.78 is 5.58. The van der Waals surface area contributed by atoms with Gasteiger partial charge in [0.25, 0.3) is 0 Å². The van der Waals surface area contributed by atoms with E-state index in [1.54, 1.807) is 0 Å². The molecular formula is C17H24O2Si2. The Hall–Kier alpha value is -1.36. The Balaban J connectivity index is 2.57. The molecule has 0 N–H and O–H groups in total. The summed E-state index contributed by atoms with van der Waals surface area (Å²) in [6.45, 7) is 13.4. The van der Waals surface area contributed by atoms with Crippen molar-refractivity contribution in [3.63, 3.8) is 0 Å². The van der Waals surface area contributed by atoms with Crippen LogP contribution in [0.2, 0.25) is 39.3 Å². The first kappa shape index (κ1) is 16.0. The molecule has 4 heteroatoms. The maximum absolute atomic E-state index is 12.1. The maximum Gasteiger partial charge on any atom is 0.352 e. The minimum Gasteiger partial charge on any atom is -0.444 e. The van der Waals surface area contributed by atoms with Crippen molar-refractivity contribution in [3.05, 3.63) is 46.8 Å². The second-order valence-corrected chi connectivity index (χ2v) is 17.8. The second-order valence-electron chi connectivity index (χ2n) is 7.65. The van der Waals surface area contributed by atoms with E-state index in [1.807, 2.05) is 36.4 Å². The number of hydrogen-bond donors (Lipinski definition) is 0. The lowest BCUT2D eigenvalue weighted by atomic mass is 10.2. The zero-order chi connectivity index (χ0) is 15.9. The van der Waals surface area contributed by atoms with Gasteiger partial charge in [0.2, 0.25) is 5.22 Å². The lowest BCUT2D eigenvalue weighted by molar-refractivity contribution is -0.117. The fourth-order valence-corrected chi connectivity index (χ4v) is 8.45. The van der Waals surface area contributed by atoms with Crippen molar-refractivity contribution in [2.45, 2.75) is 44.5 Å². The summed E-state index contributed by atoms with van der Waals surface area (Å²) in [6, 6.07) is 10.1. The third-order valence-electron chi connectivity index (χ3n) is 3.83. The third-order valence-corrected chi connectivity index (χ3v) is 8.75. The molecule has 0 amide bonds. The quantitative estimate of drug-likeness (QED) is 0.471. The summed E-state index contributed by atoms with van der Waals surface area (Å²) in [4.78, 5) is 12.1. The summed E-state index contributed by atoms with van der Waals surface area (Å²) in [5.41, 5.74) is 4.56. The molecule has 0 radical (unpaired) electrons. The van der Waals surface area contributed by atoms with Gasteiger partial charge in [0.1, 0.15) is 8.07 Å². The Morgan fingerprint density at radius 2 is 1.62 bits per heavy atom. The van der Waals surface area contributed by atoms with Crippen molar-refractivity contribution in [1.29, 1.82) is 0 Å². The number of carbonyl (C=O) groups excluding carboxylic acids is 1. The van der Waals surface area contributed by atoms with Crippen LogP contribution >= 0.6 is 0 Å². The zero-order valence-electron chi connectivity index (χ0n) is 13.8. The molecule has 112 valence electrons. The molecule has 0 bridgehead atoms.